The Hall–Kier alpha value is -4.74. The van der Waals surface area contributed by atoms with Crippen LogP contribution in [0.2, 0.25) is 0 Å². The molecule has 40 heavy (non-hydrogen) atoms. The molecule has 196 valence electrons. The summed E-state index contributed by atoms with van der Waals surface area (Å²) in [4.78, 5) is 20.8. The van der Waals surface area contributed by atoms with Gasteiger partial charge in [0.05, 0.1) is 17.0 Å². The van der Waals surface area contributed by atoms with Gasteiger partial charge in [0, 0.05) is 32.2 Å². The van der Waals surface area contributed by atoms with Gasteiger partial charge in [0.25, 0.3) is 0 Å². The van der Waals surface area contributed by atoms with Gasteiger partial charge in [-0.2, -0.15) is 0 Å². The second-order valence-corrected chi connectivity index (χ2v) is 11.4. The fourth-order valence-electron chi connectivity index (χ4n) is 5.06. The highest BCUT2D eigenvalue weighted by Crippen LogP contribution is 2.41. The summed E-state index contributed by atoms with van der Waals surface area (Å²) in [6, 6.07) is 38.9. The third-order valence-electron chi connectivity index (χ3n) is 7.27. The largest absolute Gasteiger partial charge is 0.478 e. The molecule has 0 saturated heterocycles. The van der Waals surface area contributed by atoms with Crippen LogP contribution in [0, 0.1) is 0 Å². The third-order valence-corrected chi connectivity index (χ3v) is 8.37. The molecule has 4 aromatic carbocycles. The minimum absolute atomic E-state index is 0.289. The van der Waals surface area contributed by atoms with Crippen LogP contribution in [0.5, 0.6) is 0 Å². The first-order valence-electron chi connectivity index (χ1n) is 13.2. The summed E-state index contributed by atoms with van der Waals surface area (Å²) >= 11 is 1.73. The van der Waals surface area contributed by atoms with E-state index in [2.05, 4.69) is 116 Å². The van der Waals surface area contributed by atoms with Crippen molar-refractivity contribution in [2.45, 2.75) is 19.3 Å². The van der Waals surface area contributed by atoms with E-state index in [0.29, 0.717) is 0 Å². The first-order chi connectivity index (χ1) is 19.4. The summed E-state index contributed by atoms with van der Waals surface area (Å²) in [6.07, 6.45) is 4.15. The normalized spacial score (nSPS) is 13.7. The number of aromatic carboxylic acids is 1. The van der Waals surface area contributed by atoms with E-state index in [1.807, 2.05) is 12.1 Å². The molecule has 0 fully saturated rings. The summed E-state index contributed by atoms with van der Waals surface area (Å²) in [6.45, 7) is 4.17. The Labute approximate surface area is 238 Å². The first-order valence-corrected chi connectivity index (χ1v) is 14.0. The van der Waals surface area contributed by atoms with Crippen LogP contribution < -0.4 is 4.90 Å². The number of hydrogen-bond donors (Lipinski definition) is 1. The number of carboxylic acid groups (broad SMARTS) is 1. The smallest absolute Gasteiger partial charge is 0.335 e. The van der Waals surface area contributed by atoms with E-state index in [0.717, 1.165) is 38.9 Å². The number of carboxylic acids is 1. The maximum atomic E-state index is 11.5. The Kier molecular flexibility index (Phi) is 6.66. The summed E-state index contributed by atoms with van der Waals surface area (Å²) in [5, 5.41) is 9.39. The quantitative estimate of drug-likeness (QED) is 0.224. The van der Waals surface area contributed by atoms with Gasteiger partial charge in [0.15, 0.2) is 0 Å². The number of carbonyl (C=O) groups is 1. The van der Waals surface area contributed by atoms with Crippen LogP contribution in [0.1, 0.15) is 34.6 Å². The maximum absolute atomic E-state index is 11.5. The van der Waals surface area contributed by atoms with E-state index in [1.54, 1.807) is 29.5 Å². The second kappa shape index (κ2) is 10.4. The topological polar surface area (TPSA) is 52.9 Å². The number of hydrogen-bond acceptors (Lipinski definition) is 4. The number of aliphatic imine (C=N–C) groups is 1. The third kappa shape index (κ3) is 4.88. The van der Waals surface area contributed by atoms with Gasteiger partial charge in [-0.05, 0) is 90.0 Å². The van der Waals surface area contributed by atoms with Crippen molar-refractivity contribution in [2.75, 3.05) is 4.90 Å². The molecule has 4 nitrogen and oxygen atoms in total. The zero-order valence-corrected chi connectivity index (χ0v) is 23.1. The van der Waals surface area contributed by atoms with Crippen LogP contribution in [0.3, 0.4) is 0 Å². The number of fused-ring (bicyclic) bond motifs is 1. The highest BCUT2D eigenvalue weighted by molar-refractivity contribution is 7.16. The van der Waals surface area contributed by atoms with Crippen LogP contribution >= 0.6 is 11.3 Å². The van der Waals surface area contributed by atoms with Crippen molar-refractivity contribution < 1.29 is 9.90 Å². The summed E-state index contributed by atoms with van der Waals surface area (Å²) < 4.78 is 0. The number of nitrogens with zero attached hydrogens (tertiary/aromatic N) is 2. The fourth-order valence-corrected chi connectivity index (χ4v) is 5.97. The molecule has 0 saturated carbocycles. The highest BCUT2D eigenvalue weighted by Gasteiger charge is 2.34. The van der Waals surface area contributed by atoms with Crippen LogP contribution in [0.15, 0.2) is 126 Å². The van der Waals surface area contributed by atoms with E-state index < -0.39 is 5.97 Å². The zero-order valence-electron chi connectivity index (χ0n) is 22.3. The molecule has 5 aromatic rings. The molecule has 1 aliphatic heterocycles. The monoisotopic (exact) mass is 540 g/mol. The Morgan fingerprint density at radius 3 is 2.02 bits per heavy atom. The highest BCUT2D eigenvalue weighted by atomic mass is 32.1. The first kappa shape index (κ1) is 25.5. The van der Waals surface area contributed by atoms with E-state index in [4.69, 9.17) is 4.99 Å². The lowest BCUT2D eigenvalue weighted by atomic mass is 9.81. The minimum Gasteiger partial charge on any atom is -0.478 e. The number of anilines is 3. The summed E-state index contributed by atoms with van der Waals surface area (Å²) in [5.74, 6) is -0.922. The van der Waals surface area contributed by atoms with E-state index in [-0.39, 0.29) is 11.0 Å². The molecule has 1 N–H and O–H groups in total. The summed E-state index contributed by atoms with van der Waals surface area (Å²) in [7, 11) is 0. The number of thiophene rings is 1. The minimum atomic E-state index is -0.922. The van der Waals surface area contributed by atoms with Crippen molar-refractivity contribution in [3.63, 3.8) is 0 Å². The van der Waals surface area contributed by atoms with Crippen molar-refractivity contribution in [1.82, 2.24) is 0 Å². The van der Waals surface area contributed by atoms with Gasteiger partial charge in [0.2, 0.25) is 0 Å². The lowest BCUT2D eigenvalue weighted by Crippen LogP contribution is -2.24. The molecule has 1 aromatic heterocycles. The van der Waals surface area contributed by atoms with Crippen molar-refractivity contribution in [2.24, 2.45) is 4.99 Å². The zero-order chi connectivity index (χ0) is 27.7. The molecule has 0 aliphatic carbocycles. The molecule has 6 rings (SSSR count). The molecule has 2 heterocycles. The number of benzene rings is 4. The van der Waals surface area contributed by atoms with Crippen molar-refractivity contribution >= 4 is 51.8 Å². The molecular formula is C35H28N2O2S. The number of para-hydroxylation sites is 2. The maximum Gasteiger partial charge on any atom is 0.335 e. The van der Waals surface area contributed by atoms with E-state index >= 15 is 0 Å². The van der Waals surface area contributed by atoms with Gasteiger partial charge >= 0.3 is 5.97 Å². The Morgan fingerprint density at radius 1 is 0.775 bits per heavy atom. The van der Waals surface area contributed by atoms with Crippen LogP contribution in [0.25, 0.3) is 16.5 Å². The van der Waals surface area contributed by atoms with Gasteiger partial charge in [-0.1, -0.05) is 62.4 Å². The second-order valence-electron chi connectivity index (χ2n) is 10.2. The standard InChI is InChI=1S/C35H28N2O2S/c1-35(2)30-23-25(34(38)39)15-20-31(30)36-33(35)22-19-29-18-21-32(40-29)24-13-16-28(17-14-24)37(26-9-5-3-6-10-26)27-11-7-4-8-12-27/h3-23H,1-2H3,(H,38,39)/b22-19+. The fraction of sp³-hybridized carbons (Fsp3) is 0.0857. The predicted octanol–water partition coefficient (Wildman–Crippen LogP) is 9.66. The predicted molar refractivity (Wildman–Crippen MR) is 167 cm³/mol. The molecule has 0 amide bonds. The van der Waals surface area contributed by atoms with Crippen LogP contribution in [-0.4, -0.2) is 16.8 Å². The lowest BCUT2D eigenvalue weighted by Gasteiger charge is -2.25. The van der Waals surface area contributed by atoms with Crippen LogP contribution in [0.4, 0.5) is 22.7 Å². The Balaban J connectivity index is 1.23. The number of allylic oxidation sites excluding steroid dienone is 1. The molecule has 0 bridgehead atoms. The van der Waals surface area contributed by atoms with Gasteiger partial charge in [-0.3, -0.25) is 4.99 Å². The van der Waals surface area contributed by atoms with E-state index in [9.17, 15) is 9.90 Å². The average Bonchev–Trinajstić information content (AvgIpc) is 3.55. The van der Waals surface area contributed by atoms with Gasteiger partial charge < -0.3 is 10.0 Å². The molecule has 0 spiro atoms. The SMILES string of the molecule is CC1(C)C(/C=C/c2ccc(-c3ccc(N(c4ccccc4)c4ccccc4)cc3)s2)=Nc2ccc(C(=O)O)cc21. The molecule has 0 unspecified atom stereocenters. The van der Waals surface area contributed by atoms with Crippen molar-refractivity contribution in [3.05, 3.63) is 137 Å². The molecular weight excluding hydrogens is 512 g/mol. The average molecular weight is 541 g/mol. The lowest BCUT2D eigenvalue weighted by molar-refractivity contribution is 0.0696. The van der Waals surface area contributed by atoms with Crippen molar-refractivity contribution in [1.29, 1.82) is 0 Å². The van der Waals surface area contributed by atoms with Gasteiger partial charge in [-0.25, -0.2) is 4.79 Å². The van der Waals surface area contributed by atoms with Crippen molar-refractivity contribution in [3.8, 4) is 10.4 Å². The Bertz CT molecular complexity index is 1690. The van der Waals surface area contributed by atoms with Gasteiger partial charge in [-0.15, -0.1) is 11.3 Å². The van der Waals surface area contributed by atoms with Gasteiger partial charge in [0.1, 0.15) is 0 Å². The summed E-state index contributed by atoms with van der Waals surface area (Å²) in [5.41, 5.74) is 7.12. The number of rotatable bonds is 7. The molecule has 5 heteroatoms. The van der Waals surface area contributed by atoms with E-state index in [1.165, 1.54) is 10.4 Å². The Morgan fingerprint density at radius 2 is 1.40 bits per heavy atom. The molecule has 1 aliphatic rings. The van der Waals surface area contributed by atoms with Crippen LogP contribution in [-0.2, 0) is 5.41 Å². The molecule has 0 radical (unpaired) electrons. The molecule has 0 atom stereocenters.